The zero-order valence-corrected chi connectivity index (χ0v) is 14.0. The van der Waals surface area contributed by atoms with Gasteiger partial charge < -0.3 is 15.3 Å². The highest BCUT2D eigenvalue weighted by molar-refractivity contribution is 5.90. The molecule has 2 aromatic rings. The first-order valence-corrected chi connectivity index (χ1v) is 8.62. The molecule has 4 rings (SSSR count). The minimum absolute atomic E-state index is 0.124. The lowest BCUT2D eigenvalue weighted by Crippen LogP contribution is -2.48. The van der Waals surface area contributed by atoms with Crippen LogP contribution in [0.1, 0.15) is 19.8 Å². The first-order chi connectivity index (χ1) is 12.0. The largest absolute Gasteiger partial charge is 0.391 e. The summed E-state index contributed by atoms with van der Waals surface area (Å²) in [6.45, 7) is 2.94. The molecule has 2 aliphatic rings. The maximum absolute atomic E-state index is 14.3. The summed E-state index contributed by atoms with van der Waals surface area (Å²) >= 11 is 0. The number of aromatic nitrogens is 2. The normalized spacial score (nSPS) is 28.8. The van der Waals surface area contributed by atoms with Gasteiger partial charge in [-0.1, -0.05) is 6.07 Å². The molecule has 132 valence electrons. The summed E-state index contributed by atoms with van der Waals surface area (Å²) in [5.74, 6) is 0.831. The van der Waals surface area contributed by atoms with Gasteiger partial charge in [0, 0.05) is 20.0 Å². The molecule has 1 aliphatic carbocycles. The molecule has 4 atom stereocenters. The summed E-state index contributed by atoms with van der Waals surface area (Å²) in [5, 5.41) is 13.6. The van der Waals surface area contributed by atoms with Crippen LogP contribution in [0.25, 0.3) is 10.9 Å². The number of aliphatic hydroxyl groups is 1. The van der Waals surface area contributed by atoms with Crippen LogP contribution >= 0.6 is 0 Å². The van der Waals surface area contributed by atoms with Crippen molar-refractivity contribution >= 4 is 22.6 Å². The molecule has 0 bridgehead atoms. The SMILES string of the molecule is CC(=O)N[C@@H]1C[C@@H]2CN(c3ncnc4cccc(F)c34)C[C@@H]2C[C@H]1O. The molecule has 2 fully saturated rings. The van der Waals surface area contributed by atoms with Gasteiger partial charge in [-0.2, -0.15) is 0 Å². The van der Waals surface area contributed by atoms with Gasteiger partial charge in [-0.05, 0) is 36.8 Å². The molecule has 2 heterocycles. The fourth-order valence-electron chi connectivity index (χ4n) is 4.31. The molecule has 6 nitrogen and oxygen atoms in total. The van der Waals surface area contributed by atoms with E-state index < -0.39 is 6.10 Å². The Kier molecular flexibility index (Phi) is 4.03. The van der Waals surface area contributed by atoms with Crippen LogP contribution in [0.15, 0.2) is 24.5 Å². The molecule has 1 saturated heterocycles. The third kappa shape index (κ3) is 2.93. The predicted octanol–water partition coefficient (Wildman–Crippen LogP) is 1.48. The fourth-order valence-corrected chi connectivity index (χ4v) is 4.31. The summed E-state index contributed by atoms with van der Waals surface area (Å²) in [6, 6.07) is 4.64. The first-order valence-electron chi connectivity index (χ1n) is 8.62. The van der Waals surface area contributed by atoms with Crippen molar-refractivity contribution < 1.29 is 14.3 Å². The topological polar surface area (TPSA) is 78.4 Å². The van der Waals surface area contributed by atoms with Crippen molar-refractivity contribution in [2.24, 2.45) is 11.8 Å². The van der Waals surface area contributed by atoms with Crippen LogP contribution in [0.4, 0.5) is 10.2 Å². The van der Waals surface area contributed by atoms with Gasteiger partial charge in [0.2, 0.25) is 5.91 Å². The molecule has 1 aromatic heterocycles. The molecule has 25 heavy (non-hydrogen) atoms. The van der Waals surface area contributed by atoms with Crippen molar-refractivity contribution in [2.75, 3.05) is 18.0 Å². The highest BCUT2D eigenvalue weighted by atomic mass is 19.1. The molecular formula is C18H21FN4O2. The first kappa shape index (κ1) is 16.2. The van der Waals surface area contributed by atoms with Gasteiger partial charge >= 0.3 is 0 Å². The van der Waals surface area contributed by atoms with Crippen molar-refractivity contribution in [1.29, 1.82) is 0 Å². The van der Waals surface area contributed by atoms with Crippen molar-refractivity contribution in [3.05, 3.63) is 30.3 Å². The Labute approximate surface area is 145 Å². The summed E-state index contributed by atoms with van der Waals surface area (Å²) in [7, 11) is 0. The predicted molar refractivity (Wildman–Crippen MR) is 91.5 cm³/mol. The molecule has 7 heteroatoms. The monoisotopic (exact) mass is 344 g/mol. The average Bonchev–Trinajstić information content (AvgIpc) is 2.97. The van der Waals surface area contributed by atoms with E-state index in [1.165, 1.54) is 19.3 Å². The van der Waals surface area contributed by atoms with Crippen LogP contribution in [-0.2, 0) is 4.79 Å². The van der Waals surface area contributed by atoms with E-state index in [9.17, 15) is 14.3 Å². The Morgan fingerprint density at radius 3 is 2.80 bits per heavy atom. The number of amides is 1. The Bertz CT molecular complexity index is 810. The number of benzene rings is 1. The van der Waals surface area contributed by atoms with Crippen molar-refractivity contribution in [3.8, 4) is 0 Å². The van der Waals surface area contributed by atoms with E-state index in [0.717, 1.165) is 19.5 Å². The molecular weight excluding hydrogens is 323 g/mol. The number of carbonyl (C=O) groups is 1. The average molecular weight is 344 g/mol. The number of hydrogen-bond donors (Lipinski definition) is 2. The van der Waals surface area contributed by atoms with Gasteiger partial charge in [-0.25, -0.2) is 14.4 Å². The van der Waals surface area contributed by atoms with Gasteiger partial charge in [0.15, 0.2) is 0 Å². The van der Waals surface area contributed by atoms with E-state index in [2.05, 4.69) is 20.2 Å². The van der Waals surface area contributed by atoms with Crippen LogP contribution in [0.5, 0.6) is 0 Å². The number of halogens is 1. The highest BCUT2D eigenvalue weighted by Crippen LogP contribution is 2.39. The van der Waals surface area contributed by atoms with E-state index in [0.29, 0.717) is 35.0 Å². The second-order valence-corrected chi connectivity index (χ2v) is 7.10. The maximum Gasteiger partial charge on any atom is 0.217 e. The van der Waals surface area contributed by atoms with Crippen LogP contribution in [0.3, 0.4) is 0 Å². The summed E-state index contributed by atoms with van der Waals surface area (Å²) in [6.07, 6.45) is 2.29. The zero-order valence-electron chi connectivity index (χ0n) is 14.0. The van der Waals surface area contributed by atoms with Crippen LogP contribution in [-0.4, -0.2) is 46.2 Å². The molecule has 1 aliphatic heterocycles. The van der Waals surface area contributed by atoms with E-state index in [1.54, 1.807) is 12.1 Å². The number of aliphatic hydroxyl groups excluding tert-OH is 1. The highest BCUT2D eigenvalue weighted by Gasteiger charge is 2.42. The lowest BCUT2D eigenvalue weighted by Gasteiger charge is -2.35. The second-order valence-electron chi connectivity index (χ2n) is 7.10. The van der Waals surface area contributed by atoms with Crippen molar-refractivity contribution in [2.45, 2.75) is 31.9 Å². The van der Waals surface area contributed by atoms with Gasteiger partial charge in [0.05, 0.1) is 23.0 Å². The van der Waals surface area contributed by atoms with E-state index in [1.807, 2.05) is 0 Å². The van der Waals surface area contributed by atoms with E-state index in [-0.39, 0.29) is 17.8 Å². The number of nitrogens with one attached hydrogen (secondary N) is 1. The third-order valence-electron chi connectivity index (χ3n) is 5.42. The minimum Gasteiger partial charge on any atom is -0.391 e. The fraction of sp³-hybridized carbons (Fsp3) is 0.500. The smallest absolute Gasteiger partial charge is 0.217 e. The Morgan fingerprint density at radius 1 is 1.28 bits per heavy atom. The molecule has 0 radical (unpaired) electrons. The number of anilines is 1. The quantitative estimate of drug-likeness (QED) is 0.863. The van der Waals surface area contributed by atoms with Crippen LogP contribution in [0.2, 0.25) is 0 Å². The number of hydrogen-bond acceptors (Lipinski definition) is 5. The van der Waals surface area contributed by atoms with Crippen molar-refractivity contribution in [3.63, 3.8) is 0 Å². The number of rotatable bonds is 2. The molecule has 1 aromatic carbocycles. The van der Waals surface area contributed by atoms with Crippen LogP contribution in [0, 0.1) is 17.7 Å². The summed E-state index contributed by atoms with van der Waals surface area (Å²) in [5.41, 5.74) is 0.594. The standard InChI is InChI=1S/C18H21FN4O2/c1-10(24)22-15-5-11-7-23(8-12(11)6-16(15)25)18-17-13(19)3-2-4-14(17)20-9-21-18/h2-4,9,11-12,15-16,25H,5-8H2,1H3,(H,22,24)/t11-,12+,15-,16-/m1/s1. The maximum atomic E-state index is 14.3. The molecule has 2 N–H and O–H groups in total. The van der Waals surface area contributed by atoms with Gasteiger partial charge in [0.25, 0.3) is 0 Å². The molecule has 1 saturated carbocycles. The summed E-state index contributed by atoms with van der Waals surface area (Å²) < 4.78 is 14.3. The van der Waals surface area contributed by atoms with Gasteiger partial charge in [0.1, 0.15) is 18.0 Å². The Morgan fingerprint density at radius 2 is 2.04 bits per heavy atom. The number of nitrogens with zero attached hydrogens (tertiary/aromatic N) is 3. The minimum atomic E-state index is -0.538. The van der Waals surface area contributed by atoms with Gasteiger partial charge in [-0.3, -0.25) is 4.79 Å². The third-order valence-corrected chi connectivity index (χ3v) is 5.42. The van der Waals surface area contributed by atoms with E-state index in [4.69, 9.17) is 0 Å². The zero-order chi connectivity index (χ0) is 17.6. The molecule has 0 unspecified atom stereocenters. The Hall–Kier alpha value is -2.28. The lowest BCUT2D eigenvalue weighted by atomic mass is 9.77. The van der Waals surface area contributed by atoms with Crippen molar-refractivity contribution in [1.82, 2.24) is 15.3 Å². The summed E-state index contributed by atoms with van der Waals surface area (Å²) in [4.78, 5) is 21.9. The number of fused-ring (bicyclic) bond motifs is 2. The second kappa shape index (κ2) is 6.22. The van der Waals surface area contributed by atoms with E-state index >= 15 is 0 Å². The van der Waals surface area contributed by atoms with Gasteiger partial charge in [-0.15, -0.1) is 0 Å². The lowest BCUT2D eigenvalue weighted by molar-refractivity contribution is -0.121. The number of carbonyl (C=O) groups excluding carboxylic acids is 1. The molecule has 0 spiro atoms. The molecule has 1 amide bonds. The van der Waals surface area contributed by atoms with Crippen LogP contribution < -0.4 is 10.2 Å². The Balaban J connectivity index is 1.60.